The van der Waals surface area contributed by atoms with Crippen LogP contribution in [0.25, 0.3) is 10.8 Å². The lowest BCUT2D eigenvalue weighted by Gasteiger charge is -2.42. The van der Waals surface area contributed by atoms with E-state index >= 15 is 0 Å². The normalized spacial score (nSPS) is 20.8. The molecule has 140 valence electrons. The number of nitrogens with zero attached hydrogens (tertiary/aromatic N) is 1. The number of rotatable bonds is 4. The van der Waals surface area contributed by atoms with Crippen molar-refractivity contribution in [2.24, 2.45) is 5.92 Å². The highest BCUT2D eigenvalue weighted by molar-refractivity contribution is 6.01. The van der Waals surface area contributed by atoms with E-state index in [1.165, 1.54) is 25.8 Å². The zero-order valence-electron chi connectivity index (χ0n) is 16.3. The Hall–Kier alpha value is -1.87. The summed E-state index contributed by atoms with van der Waals surface area (Å²) >= 11 is 0. The highest BCUT2D eigenvalue weighted by atomic mass is 16.5. The fourth-order valence-electron chi connectivity index (χ4n) is 4.04. The van der Waals surface area contributed by atoms with Gasteiger partial charge in [-0.2, -0.15) is 0 Å². The minimum absolute atomic E-state index is 0.162. The Kier molecular flexibility index (Phi) is 6.31. The molecule has 4 rings (SSSR count). The molecule has 0 radical (unpaired) electrons. The third-order valence-electron chi connectivity index (χ3n) is 5.75. The van der Waals surface area contributed by atoms with Crippen LogP contribution in [0.2, 0.25) is 0 Å². The second-order valence-corrected chi connectivity index (χ2v) is 7.21. The molecule has 0 aromatic heterocycles. The topological polar surface area (TPSA) is 29.5 Å². The number of benzene rings is 2. The van der Waals surface area contributed by atoms with Crippen LogP contribution in [-0.2, 0) is 0 Å². The predicted molar refractivity (Wildman–Crippen MR) is 108 cm³/mol. The van der Waals surface area contributed by atoms with Gasteiger partial charge in [0.1, 0.15) is 5.75 Å². The molecule has 26 heavy (non-hydrogen) atoms. The maximum absolute atomic E-state index is 13.0. The van der Waals surface area contributed by atoms with Gasteiger partial charge in [0, 0.05) is 24.1 Å². The van der Waals surface area contributed by atoms with Gasteiger partial charge >= 0.3 is 0 Å². The van der Waals surface area contributed by atoms with Crippen LogP contribution in [0.3, 0.4) is 0 Å². The van der Waals surface area contributed by atoms with Crippen molar-refractivity contribution in [2.75, 3.05) is 20.2 Å². The van der Waals surface area contributed by atoms with E-state index in [2.05, 4.69) is 4.90 Å². The Balaban J connectivity index is 0.000000948. The van der Waals surface area contributed by atoms with Gasteiger partial charge in [-0.05, 0) is 61.2 Å². The summed E-state index contributed by atoms with van der Waals surface area (Å²) < 4.78 is 5.27. The number of piperidine rings is 1. The first-order valence-electron chi connectivity index (χ1n) is 10.1. The number of methoxy groups -OCH3 is 1. The van der Waals surface area contributed by atoms with Crippen molar-refractivity contribution in [1.82, 2.24) is 4.90 Å². The van der Waals surface area contributed by atoms with E-state index in [1.807, 2.05) is 50.2 Å². The predicted octanol–water partition coefficient (Wildman–Crippen LogP) is 5.32. The van der Waals surface area contributed by atoms with Crippen LogP contribution in [0.4, 0.5) is 0 Å². The molecule has 0 amide bonds. The smallest absolute Gasteiger partial charge is 0.167 e. The average Bonchev–Trinajstić information content (AvgIpc) is 2.67. The quantitative estimate of drug-likeness (QED) is 0.697. The van der Waals surface area contributed by atoms with E-state index in [-0.39, 0.29) is 5.92 Å². The summed E-state index contributed by atoms with van der Waals surface area (Å²) in [5.41, 5.74) is 0.855. The van der Waals surface area contributed by atoms with Crippen LogP contribution in [0.5, 0.6) is 5.75 Å². The van der Waals surface area contributed by atoms with Gasteiger partial charge in [0.05, 0.1) is 7.11 Å². The first-order chi connectivity index (χ1) is 12.7. The van der Waals surface area contributed by atoms with Gasteiger partial charge in [-0.3, -0.25) is 9.69 Å². The Morgan fingerprint density at radius 3 is 2.42 bits per heavy atom. The zero-order chi connectivity index (χ0) is 18.5. The summed E-state index contributed by atoms with van der Waals surface area (Å²) in [7, 11) is 1.68. The highest BCUT2D eigenvalue weighted by Crippen LogP contribution is 2.31. The Morgan fingerprint density at radius 1 is 1.00 bits per heavy atom. The molecule has 1 aliphatic heterocycles. The molecule has 0 N–H and O–H groups in total. The van der Waals surface area contributed by atoms with Gasteiger partial charge in [0.25, 0.3) is 0 Å². The van der Waals surface area contributed by atoms with Crippen molar-refractivity contribution in [2.45, 2.75) is 52.0 Å². The van der Waals surface area contributed by atoms with Crippen molar-refractivity contribution in [3.05, 3.63) is 42.0 Å². The van der Waals surface area contributed by atoms with E-state index in [9.17, 15) is 4.79 Å². The molecule has 1 saturated carbocycles. The van der Waals surface area contributed by atoms with Crippen molar-refractivity contribution in [1.29, 1.82) is 0 Å². The summed E-state index contributed by atoms with van der Waals surface area (Å²) in [5.74, 6) is 1.33. The molecule has 2 aromatic carbocycles. The summed E-state index contributed by atoms with van der Waals surface area (Å²) in [5, 5.41) is 2.22. The first kappa shape index (κ1) is 18.9. The fraction of sp³-hybridized carbons (Fsp3) is 0.522. The number of carbonyl (C=O) groups excluding carboxylic acids is 1. The Labute approximate surface area is 157 Å². The summed E-state index contributed by atoms with van der Waals surface area (Å²) in [6.07, 6.45) is 6.17. The van der Waals surface area contributed by atoms with Crippen molar-refractivity contribution < 1.29 is 9.53 Å². The molecular weight excluding hydrogens is 322 g/mol. The van der Waals surface area contributed by atoms with Crippen LogP contribution in [0.15, 0.2) is 36.4 Å². The molecule has 1 aliphatic carbocycles. The summed E-state index contributed by atoms with van der Waals surface area (Å²) in [4.78, 5) is 15.5. The molecule has 1 saturated heterocycles. The third kappa shape index (κ3) is 3.93. The van der Waals surface area contributed by atoms with Crippen LogP contribution < -0.4 is 4.74 Å². The van der Waals surface area contributed by atoms with Crippen molar-refractivity contribution in [3.8, 4) is 5.75 Å². The molecule has 3 nitrogen and oxygen atoms in total. The molecule has 2 aromatic rings. The molecule has 0 unspecified atom stereocenters. The van der Waals surface area contributed by atoms with E-state index in [0.717, 1.165) is 47.5 Å². The Bertz CT molecular complexity index is 751. The number of carbonyl (C=O) groups is 1. The second-order valence-electron chi connectivity index (χ2n) is 7.21. The number of fused-ring (bicyclic) bond motifs is 1. The van der Waals surface area contributed by atoms with Crippen LogP contribution >= 0.6 is 0 Å². The molecule has 3 heteroatoms. The SMILES string of the molecule is CC.COc1ccc2cc(C(=O)[C@H]3CCCN(C4CCC4)C3)ccc2c1. The monoisotopic (exact) mass is 353 g/mol. The number of Topliss-reactive ketones (excluding diaryl/α,β-unsaturated/α-hetero) is 1. The standard InChI is InChI=1S/C21H25NO2.C2H6/c1-24-20-10-9-15-12-17(8-7-16(15)13-20)21(23)18-4-3-11-22(14-18)19-5-2-6-19;1-2/h7-10,12-13,18-19H,2-6,11,14H2,1H3;1-2H3/t18-;/m0./s1. The summed E-state index contributed by atoms with van der Waals surface area (Å²) in [6, 6.07) is 12.8. The summed E-state index contributed by atoms with van der Waals surface area (Å²) in [6.45, 7) is 6.12. The van der Waals surface area contributed by atoms with E-state index in [4.69, 9.17) is 4.74 Å². The maximum Gasteiger partial charge on any atom is 0.167 e. The number of ketones is 1. The van der Waals surface area contributed by atoms with Gasteiger partial charge < -0.3 is 4.74 Å². The van der Waals surface area contributed by atoms with E-state index in [1.54, 1.807) is 7.11 Å². The molecule has 0 spiro atoms. The zero-order valence-corrected chi connectivity index (χ0v) is 16.3. The van der Waals surface area contributed by atoms with Crippen LogP contribution in [0.1, 0.15) is 56.3 Å². The second kappa shape index (κ2) is 8.68. The number of hydrogen-bond donors (Lipinski definition) is 0. The van der Waals surface area contributed by atoms with E-state index in [0.29, 0.717) is 5.78 Å². The van der Waals surface area contributed by atoms with Crippen LogP contribution in [0, 0.1) is 5.92 Å². The molecule has 1 atom stereocenters. The minimum Gasteiger partial charge on any atom is -0.497 e. The fourth-order valence-corrected chi connectivity index (χ4v) is 4.04. The first-order valence-corrected chi connectivity index (χ1v) is 10.1. The number of ether oxygens (including phenoxy) is 1. The highest BCUT2D eigenvalue weighted by Gasteiger charge is 2.32. The van der Waals surface area contributed by atoms with Crippen molar-refractivity contribution in [3.63, 3.8) is 0 Å². The number of hydrogen-bond acceptors (Lipinski definition) is 3. The minimum atomic E-state index is 0.162. The molecule has 2 aliphatic rings. The lowest BCUT2D eigenvalue weighted by atomic mass is 9.85. The molecule has 0 bridgehead atoms. The van der Waals surface area contributed by atoms with Gasteiger partial charge in [-0.1, -0.05) is 38.5 Å². The largest absolute Gasteiger partial charge is 0.497 e. The third-order valence-corrected chi connectivity index (χ3v) is 5.75. The molecule has 1 heterocycles. The lowest BCUT2D eigenvalue weighted by Crippen LogP contribution is -2.47. The lowest BCUT2D eigenvalue weighted by molar-refractivity contribution is 0.0612. The van der Waals surface area contributed by atoms with Gasteiger partial charge in [-0.15, -0.1) is 0 Å². The average molecular weight is 354 g/mol. The van der Waals surface area contributed by atoms with Crippen LogP contribution in [-0.4, -0.2) is 36.9 Å². The van der Waals surface area contributed by atoms with E-state index < -0.39 is 0 Å². The Morgan fingerprint density at radius 2 is 1.73 bits per heavy atom. The van der Waals surface area contributed by atoms with Gasteiger partial charge in [0.2, 0.25) is 0 Å². The van der Waals surface area contributed by atoms with Gasteiger partial charge in [-0.25, -0.2) is 0 Å². The maximum atomic E-state index is 13.0. The molecule has 2 fully saturated rings. The van der Waals surface area contributed by atoms with Gasteiger partial charge in [0.15, 0.2) is 5.78 Å². The number of likely N-dealkylation sites (tertiary alicyclic amines) is 1. The molecular formula is C23H31NO2. The van der Waals surface area contributed by atoms with Crippen molar-refractivity contribution >= 4 is 16.6 Å².